The molecule has 0 amide bonds. The monoisotopic (exact) mass is 452 g/mol. The first-order valence-corrected chi connectivity index (χ1v) is 10.4. The first kappa shape index (κ1) is 18.3. The van der Waals surface area contributed by atoms with E-state index < -0.39 is 0 Å². The quantitative estimate of drug-likeness (QED) is 0.477. The maximum absolute atomic E-state index is 13.4. The standard InChI is InChI=1S/C21H21BrN6O/c1-25-18(22)12-24-19(25)14-26-11-9-16(13-26)28-20-17(8-5-10-23-20)27(21(28)29)15-6-3-2-4-7-15/h2-8,10,12,16H,9,11,13-14H2,1H3/t16-/m0/s1. The minimum atomic E-state index is -0.0310. The summed E-state index contributed by atoms with van der Waals surface area (Å²) in [7, 11) is 2.00. The molecule has 5 rings (SSSR count). The second-order valence-electron chi connectivity index (χ2n) is 7.40. The maximum Gasteiger partial charge on any atom is 0.335 e. The number of hydrogen-bond acceptors (Lipinski definition) is 4. The van der Waals surface area contributed by atoms with Gasteiger partial charge in [0.15, 0.2) is 5.65 Å². The van der Waals surface area contributed by atoms with E-state index in [-0.39, 0.29) is 11.7 Å². The van der Waals surface area contributed by atoms with Gasteiger partial charge < -0.3 is 4.57 Å². The molecular weight excluding hydrogens is 432 g/mol. The normalized spacial score (nSPS) is 17.4. The minimum absolute atomic E-state index is 0.0310. The van der Waals surface area contributed by atoms with Crippen molar-refractivity contribution in [3.8, 4) is 5.69 Å². The highest BCUT2D eigenvalue weighted by Crippen LogP contribution is 2.26. The Labute approximate surface area is 176 Å². The SMILES string of the molecule is Cn1c(Br)cnc1CN1CC[C@H](n2c(=O)n(-c3ccccc3)c3cccnc32)C1. The van der Waals surface area contributed by atoms with E-state index in [2.05, 4.69) is 30.8 Å². The summed E-state index contributed by atoms with van der Waals surface area (Å²) in [5, 5.41) is 0. The highest BCUT2D eigenvalue weighted by molar-refractivity contribution is 9.10. The molecule has 0 aliphatic carbocycles. The lowest BCUT2D eigenvalue weighted by molar-refractivity contribution is 0.304. The Bertz CT molecular complexity index is 1230. The van der Waals surface area contributed by atoms with Gasteiger partial charge in [0.2, 0.25) is 0 Å². The molecule has 1 aliphatic heterocycles. The van der Waals surface area contributed by atoms with Crippen LogP contribution < -0.4 is 5.69 Å². The van der Waals surface area contributed by atoms with Crippen LogP contribution in [0.1, 0.15) is 18.3 Å². The van der Waals surface area contributed by atoms with E-state index in [1.807, 2.05) is 64.8 Å². The molecule has 1 saturated heterocycles. The molecule has 148 valence electrons. The van der Waals surface area contributed by atoms with Crippen LogP contribution in [0.2, 0.25) is 0 Å². The van der Waals surface area contributed by atoms with Crippen LogP contribution in [-0.4, -0.2) is 41.7 Å². The van der Waals surface area contributed by atoms with Gasteiger partial charge in [-0.3, -0.25) is 14.0 Å². The lowest BCUT2D eigenvalue weighted by Crippen LogP contribution is -2.29. The van der Waals surface area contributed by atoms with Crippen LogP contribution in [0.15, 0.2) is 64.3 Å². The Morgan fingerprint density at radius 3 is 2.72 bits per heavy atom. The highest BCUT2D eigenvalue weighted by atomic mass is 79.9. The lowest BCUT2D eigenvalue weighted by atomic mass is 10.2. The van der Waals surface area contributed by atoms with E-state index in [0.29, 0.717) is 0 Å². The molecule has 29 heavy (non-hydrogen) atoms. The van der Waals surface area contributed by atoms with Gasteiger partial charge in [0, 0.05) is 26.3 Å². The molecule has 1 aliphatic rings. The van der Waals surface area contributed by atoms with Crippen molar-refractivity contribution in [1.29, 1.82) is 0 Å². The second kappa shape index (κ2) is 7.27. The van der Waals surface area contributed by atoms with Crippen LogP contribution in [-0.2, 0) is 13.6 Å². The number of imidazole rings is 2. The number of para-hydroxylation sites is 1. The molecule has 0 spiro atoms. The Balaban J connectivity index is 1.51. The summed E-state index contributed by atoms with van der Waals surface area (Å²) < 4.78 is 6.65. The second-order valence-corrected chi connectivity index (χ2v) is 8.22. The fourth-order valence-electron chi connectivity index (χ4n) is 4.14. The Morgan fingerprint density at radius 2 is 1.97 bits per heavy atom. The van der Waals surface area contributed by atoms with Crippen molar-refractivity contribution in [2.24, 2.45) is 7.05 Å². The zero-order valence-electron chi connectivity index (χ0n) is 16.1. The molecule has 0 N–H and O–H groups in total. The summed E-state index contributed by atoms with van der Waals surface area (Å²) in [6.07, 6.45) is 4.49. The Kier molecular flexibility index (Phi) is 4.60. The first-order chi connectivity index (χ1) is 14.1. The molecule has 0 saturated carbocycles. The molecule has 8 heteroatoms. The number of benzene rings is 1. The third kappa shape index (κ3) is 3.12. The van der Waals surface area contributed by atoms with E-state index in [9.17, 15) is 4.79 Å². The van der Waals surface area contributed by atoms with E-state index in [4.69, 9.17) is 0 Å². The van der Waals surface area contributed by atoms with Crippen LogP contribution in [0.5, 0.6) is 0 Å². The van der Waals surface area contributed by atoms with E-state index in [1.54, 1.807) is 10.8 Å². The number of pyridine rings is 1. The van der Waals surface area contributed by atoms with Crippen LogP contribution in [0.3, 0.4) is 0 Å². The predicted molar refractivity (Wildman–Crippen MR) is 115 cm³/mol. The van der Waals surface area contributed by atoms with Crippen molar-refractivity contribution in [2.75, 3.05) is 13.1 Å². The van der Waals surface area contributed by atoms with Gasteiger partial charge in [-0.25, -0.2) is 14.8 Å². The van der Waals surface area contributed by atoms with Gasteiger partial charge in [-0.05, 0) is 46.6 Å². The van der Waals surface area contributed by atoms with Gasteiger partial charge in [-0.1, -0.05) is 18.2 Å². The van der Waals surface area contributed by atoms with E-state index in [0.717, 1.165) is 53.3 Å². The smallest absolute Gasteiger partial charge is 0.325 e. The predicted octanol–water partition coefficient (Wildman–Crippen LogP) is 3.13. The molecule has 0 radical (unpaired) electrons. The van der Waals surface area contributed by atoms with Crippen molar-refractivity contribution in [3.63, 3.8) is 0 Å². The number of hydrogen-bond donors (Lipinski definition) is 0. The van der Waals surface area contributed by atoms with Crippen molar-refractivity contribution in [1.82, 2.24) is 28.6 Å². The lowest BCUT2D eigenvalue weighted by Gasteiger charge is -2.16. The number of aromatic nitrogens is 5. The average Bonchev–Trinajstić information content (AvgIpc) is 3.40. The number of halogens is 1. The number of nitrogens with zero attached hydrogens (tertiary/aromatic N) is 6. The fourth-order valence-corrected chi connectivity index (χ4v) is 4.45. The van der Waals surface area contributed by atoms with E-state index >= 15 is 0 Å². The largest absolute Gasteiger partial charge is 0.335 e. The molecule has 7 nitrogen and oxygen atoms in total. The number of rotatable bonds is 4. The van der Waals surface area contributed by atoms with Gasteiger partial charge in [0.1, 0.15) is 10.4 Å². The molecule has 3 aromatic heterocycles. The number of fused-ring (bicyclic) bond motifs is 1. The molecular formula is C21H21BrN6O. The summed E-state index contributed by atoms with van der Waals surface area (Å²) in [5.41, 5.74) is 2.42. The number of likely N-dealkylation sites (tertiary alicyclic amines) is 1. The fraction of sp³-hybridized carbons (Fsp3) is 0.286. The van der Waals surface area contributed by atoms with Crippen LogP contribution in [0.4, 0.5) is 0 Å². The summed E-state index contributed by atoms with van der Waals surface area (Å²) >= 11 is 3.50. The van der Waals surface area contributed by atoms with Crippen molar-refractivity contribution in [2.45, 2.75) is 19.0 Å². The molecule has 4 heterocycles. The molecule has 0 bridgehead atoms. The van der Waals surface area contributed by atoms with Gasteiger partial charge in [-0.2, -0.15) is 0 Å². The zero-order valence-corrected chi connectivity index (χ0v) is 17.7. The zero-order chi connectivity index (χ0) is 20.0. The van der Waals surface area contributed by atoms with Crippen molar-refractivity contribution >= 4 is 27.1 Å². The summed E-state index contributed by atoms with van der Waals surface area (Å²) in [6.45, 7) is 2.49. The molecule has 1 atom stereocenters. The third-order valence-corrected chi connectivity index (χ3v) is 6.39. The summed E-state index contributed by atoms with van der Waals surface area (Å²) in [4.78, 5) is 24.8. The molecule has 0 unspecified atom stereocenters. The van der Waals surface area contributed by atoms with Gasteiger partial charge in [0.25, 0.3) is 0 Å². The van der Waals surface area contributed by atoms with Crippen LogP contribution in [0, 0.1) is 0 Å². The maximum atomic E-state index is 13.4. The first-order valence-electron chi connectivity index (χ1n) is 9.65. The summed E-state index contributed by atoms with van der Waals surface area (Å²) in [6, 6.07) is 13.7. The molecule has 1 fully saturated rings. The van der Waals surface area contributed by atoms with Crippen LogP contribution >= 0.6 is 15.9 Å². The highest BCUT2D eigenvalue weighted by Gasteiger charge is 2.29. The van der Waals surface area contributed by atoms with Crippen molar-refractivity contribution in [3.05, 3.63) is 75.8 Å². The minimum Gasteiger partial charge on any atom is -0.325 e. The Hall–Kier alpha value is -2.71. The summed E-state index contributed by atoms with van der Waals surface area (Å²) in [5.74, 6) is 1.01. The van der Waals surface area contributed by atoms with E-state index in [1.165, 1.54) is 0 Å². The van der Waals surface area contributed by atoms with Crippen molar-refractivity contribution < 1.29 is 0 Å². The third-order valence-electron chi connectivity index (χ3n) is 5.65. The van der Waals surface area contributed by atoms with Gasteiger partial charge >= 0.3 is 5.69 Å². The topological polar surface area (TPSA) is 60.9 Å². The van der Waals surface area contributed by atoms with Gasteiger partial charge in [-0.15, -0.1) is 0 Å². The van der Waals surface area contributed by atoms with Crippen LogP contribution in [0.25, 0.3) is 16.9 Å². The average molecular weight is 453 g/mol. The molecule has 1 aromatic carbocycles. The molecule has 4 aromatic rings. The Morgan fingerprint density at radius 1 is 1.14 bits per heavy atom. The van der Waals surface area contributed by atoms with Gasteiger partial charge in [0.05, 0.1) is 30.0 Å².